The molecule has 0 unspecified atom stereocenters. The van der Waals surface area contributed by atoms with Gasteiger partial charge < -0.3 is 10.2 Å². The molecule has 2 aliphatic rings. The largest absolute Gasteiger partial charge is 0.366 e. The number of hydrogen-bond acceptors (Lipinski definition) is 3. The summed E-state index contributed by atoms with van der Waals surface area (Å²) in [6.07, 6.45) is 2.52. The third-order valence-corrected chi connectivity index (χ3v) is 4.84. The molecule has 1 aliphatic heterocycles. The van der Waals surface area contributed by atoms with Crippen LogP contribution in [0, 0.1) is 5.82 Å². The Morgan fingerprint density at radius 2 is 2.05 bits per heavy atom. The van der Waals surface area contributed by atoms with Crippen LogP contribution in [0.2, 0.25) is 0 Å². The summed E-state index contributed by atoms with van der Waals surface area (Å²) in [6.45, 7) is 7.92. The first-order valence-electron chi connectivity index (χ1n) is 7.94. The topological polar surface area (TPSA) is 18.5 Å². The lowest BCUT2D eigenvalue weighted by atomic mass is 9.99. The number of likely N-dealkylation sites (N-methyl/N-ethyl adjacent to an activating group) is 1. The van der Waals surface area contributed by atoms with Gasteiger partial charge in [0, 0.05) is 37.8 Å². The van der Waals surface area contributed by atoms with Gasteiger partial charge in [0.1, 0.15) is 5.82 Å². The molecule has 1 aromatic carbocycles. The maximum absolute atomic E-state index is 14.4. The van der Waals surface area contributed by atoms with Gasteiger partial charge in [0.25, 0.3) is 0 Å². The summed E-state index contributed by atoms with van der Waals surface area (Å²) >= 11 is 0. The molecule has 0 spiro atoms. The highest BCUT2D eigenvalue weighted by molar-refractivity contribution is 5.50. The third kappa shape index (κ3) is 3.38. The fraction of sp³-hybridized carbons (Fsp3) is 0.647. The summed E-state index contributed by atoms with van der Waals surface area (Å²) in [6, 6.07) is 6.35. The molecule has 1 aromatic rings. The van der Waals surface area contributed by atoms with Crippen molar-refractivity contribution >= 4 is 5.69 Å². The van der Waals surface area contributed by atoms with E-state index in [-0.39, 0.29) is 11.4 Å². The second-order valence-corrected chi connectivity index (χ2v) is 7.10. The Hall–Kier alpha value is -1.13. The molecule has 116 valence electrons. The van der Waals surface area contributed by atoms with Gasteiger partial charge in [0.15, 0.2) is 0 Å². The van der Waals surface area contributed by atoms with Crippen LogP contribution in [0.25, 0.3) is 0 Å². The Labute approximate surface area is 127 Å². The predicted molar refractivity (Wildman–Crippen MR) is 85.2 cm³/mol. The highest BCUT2D eigenvalue weighted by Gasteiger charge is 2.32. The van der Waals surface area contributed by atoms with Crippen molar-refractivity contribution in [2.24, 2.45) is 0 Å². The lowest BCUT2D eigenvalue weighted by Gasteiger charge is -2.46. The van der Waals surface area contributed by atoms with Crippen molar-refractivity contribution in [3.8, 4) is 0 Å². The van der Waals surface area contributed by atoms with Gasteiger partial charge in [-0.1, -0.05) is 6.07 Å². The van der Waals surface area contributed by atoms with Crippen molar-refractivity contribution in [3.05, 3.63) is 29.6 Å². The second kappa shape index (κ2) is 5.58. The Morgan fingerprint density at radius 3 is 2.67 bits per heavy atom. The van der Waals surface area contributed by atoms with Gasteiger partial charge in [0.2, 0.25) is 0 Å². The Kier molecular flexibility index (Phi) is 3.93. The normalized spacial score (nSPS) is 22.6. The molecule has 2 fully saturated rings. The molecule has 1 N–H and O–H groups in total. The Morgan fingerprint density at radius 1 is 1.29 bits per heavy atom. The van der Waals surface area contributed by atoms with Gasteiger partial charge in [-0.3, -0.25) is 4.90 Å². The van der Waals surface area contributed by atoms with Gasteiger partial charge in [-0.15, -0.1) is 0 Å². The molecule has 1 saturated heterocycles. The number of halogens is 1. The summed E-state index contributed by atoms with van der Waals surface area (Å²) in [5.74, 6) is -0.0922. The monoisotopic (exact) mass is 291 g/mol. The van der Waals surface area contributed by atoms with E-state index in [9.17, 15) is 4.39 Å². The van der Waals surface area contributed by atoms with E-state index in [0.29, 0.717) is 6.04 Å². The number of nitrogens with one attached hydrogen (secondary N) is 1. The van der Waals surface area contributed by atoms with E-state index >= 15 is 0 Å². The number of piperazine rings is 1. The summed E-state index contributed by atoms with van der Waals surface area (Å²) in [5.41, 5.74) is 1.86. The van der Waals surface area contributed by atoms with Gasteiger partial charge in [-0.25, -0.2) is 4.39 Å². The first-order valence-corrected chi connectivity index (χ1v) is 7.94. The van der Waals surface area contributed by atoms with E-state index in [1.165, 1.54) is 12.8 Å². The lowest BCUT2D eigenvalue weighted by molar-refractivity contribution is 0.138. The molecule has 3 rings (SSSR count). The molecule has 0 amide bonds. The number of hydrogen-bond donors (Lipinski definition) is 1. The van der Waals surface area contributed by atoms with E-state index in [1.54, 1.807) is 6.07 Å². The SMILES string of the molecule is CN1CCN(c2ccc(CNC3CC3)cc2F)CC1(C)C. The quantitative estimate of drug-likeness (QED) is 0.920. The number of rotatable bonds is 4. The van der Waals surface area contributed by atoms with Crippen LogP contribution < -0.4 is 10.2 Å². The fourth-order valence-electron chi connectivity index (χ4n) is 2.91. The molecule has 0 atom stereocenters. The van der Waals surface area contributed by atoms with Crippen LogP contribution in [-0.4, -0.2) is 43.2 Å². The van der Waals surface area contributed by atoms with Crippen LogP contribution in [0.4, 0.5) is 10.1 Å². The van der Waals surface area contributed by atoms with Crippen molar-refractivity contribution in [3.63, 3.8) is 0 Å². The van der Waals surface area contributed by atoms with Crippen LogP contribution in [0.1, 0.15) is 32.3 Å². The van der Waals surface area contributed by atoms with Crippen LogP contribution in [-0.2, 0) is 6.54 Å². The summed E-state index contributed by atoms with van der Waals surface area (Å²) in [4.78, 5) is 4.52. The maximum Gasteiger partial charge on any atom is 0.146 e. The minimum Gasteiger partial charge on any atom is -0.366 e. The Balaban J connectivity index is 1.70. The van der Waals surface area contributed by atoms with E-state index in [0.717, 1.165) is 37.4 Å². The first kappa shape index (κ1) is 14.8. The average Bonchev–Trinajstić information content (AvgIpc) is 3.24. The predicted octanol–water partition coefficient (Wildman–Crippen LogP) is 2.61. The number of anilines is 1. The van der Waals surface area contributed by atoms with Crippen LogP contribution in [0.15, 0.2) is 18.2 Å². The molecular weight excluding hydrogens is 265 g/mol. The zero-order valence-corrected chi connectivity index (χ0v) is 13.3. The first-order chi connectivity index (χ1) is 9.95. The molecule has 0 aromatic heterocycles. The minimum atomic E-state index is -0.0922. The molecule has 1 saturated carbocycles. The van der Waals surface area contributed by atoms with Crippen molar-refractivity contribution in [2.45, 2.75) is 44.8 Å². The van der Waals surface area contributed by atoms with E-state index in [4.69, 9.17) is 0 Å². The molecule has 21 heavy (non-hydrogen) atoms. The third-order valence-electron chi connectivity index (χ3n) is 4.84. The molecular formula is C17H26FN3. The molecule has 1 heterocycles. The van der Waals surface area contributed by atoms with E-state index < -0.39 is 0 Å². The standard InChI is InChI=1S/C17H26FN3/c1-17(2)12-21(9-8-20(17)3)16-7-4-13(10-15(16)18)11-19-14-5-6-14/h4,7,10,14,19H,5-6,8-9,11-12H2,1-3H3. The van der Waals surface area contributed by atoms with Gasteiger partial charge in [0.05, 0.1) is 5.69 Å². The zero-order valence-electron chi connectivity index (χ0n) is 13.3. The highest BCUT2D eigenvalue weighted by atomic mass is 19.1. The smallest absolute Gasteiger partial charge is 0.146 e. The van der Waals surface area contributed by atoms with Gasteiger partial charge in [-0.2, -0.15) is 0 Å². The molecule has 0 radical (unpaired) electrons. The zero-order chi connectivity index (χ0) is 15.0. The van der Waals surface area contributed by atoms with Crippen molar-refractivity contribution in [2.75, 3.05) is 31.6 Å². The number of benzene rings is 1. The van der Waals surface area contributed by atoms with E-state index in [2.05, 4.69) is 42.1 Å². The minimum absolute atomic E-state index is 0.0802. The van der Waals surface area contributed by atoms with Crippen molar-refractivity contribution in [1.82, 2.24) is 10.2 Å². The van der Waals surface area contributed by atoms with E-state index in [1.807, 2.05) is 6.07 Å². The second-order valence-electron chi connectivity index (χ2n) is 7.10. The fourth-order valence-corrected chi connectivity index (χ4v) is 2.91. The average molecular weight is 291 g/mol. The summed E-state index contributed by atoms with van der Waals surface area (Å²) in [5, 5.41) is 3.43. The van der Waals surface area contributed by atoms with Crippen molar-refractivity contribution < 1.29 is 4.39 Å². The molecule has 3 nitrogen and oxygen atoms in total. The van der Waals surface area contributed by atoms with Crippen LogP contribution in [0.3, 0.4) is 0 Å². The molecule has 0 bridgehead atoms. The van der Waals surface area contributed by atoms with Crippen molar-refractivity contribution in [1.29, 1.82) is 0 Å². The number of nitrogens with zero attached hydrogens (tertiary/aromatic N) is 2. The maximum atomic E-state index is 14.4. The summed E-state index contributed by atoms with van der Waals surface area (Å²) < 4.78 is 14.4. The highest BCUT2D eigenvalue weighted by Crippen LogP contribution is 2.27. The van der Waals surface area contributed by atoms with Crippen LogP contribution >= 0.6 is 0 Å². The van der Waals surface area contributed by atoms with Gasteiger partial charge >= 0.3 is 0 Å². The Bertz CT molecular complexity index is 511. The summed E-state index contributed by atoms with van der Waals surface area (Å²) in [7, 11) is 2.14. The molecule has 4 heteroatoms. The van der Waals surface area contributed by atoms with Crippen LogP contribution in [0.5, 0.6) is 0 Å². The molecule has 1 aliphatic carbocycles. The lowest BCUT2D eigenvalue weighted by Crippen LogP contribution is -2.57. The van der Waals surface area contributed by atoms with Gasteiger partial charge in [-0.05, 0) is 51.4 Å².